The van der Waals surface area contributed by atoms with Gasteiger partial charge in [0.25, 0.3) is 15.9 Å². The Morgan fingerprint density at radius 2 is 1.93 bits per heavy atom. The van der Waals surface area contributed by atoms with Crippen molar-refractivity contribution >= 4 is 44.8 Å². The van der Waals surface area contributed by atoms with Gasteiger partial charge < -0.3 is 9.64 Å². The Hall–Kier alpha value is -1.98. The zero-order valence-corrected chi connectivity index (χ0v) is 17.8. The smallest absolute Gasteiger partial charge is 0.338 e. The Morgan fingerprint density at radius 3 is 2.54 bits per heavy atom. The number of halogens is 1. The SMILES string of the molecule is CON(C)S(=O)(=O)c1cc(C(=O)OCC(=O)N(C)Cc2cccs2)ccc1Cl. The van der Waals surface area contributed by atoms with Gasteiger partial charge in [-0.25, -0.2) is 13.2 Å². The molecule has 2 rings (SSSR count). The van der Waals surface area contributed by atoms with Crippen molar-refractivity contribution in [3.05, 3.63) is 51.2 Å². The molecule has 0 spiro atoms. The lowest BCUT2D eigenvalue weighted by molar-refractivity contribution is -0.133. The maximum absolute atomic E-state index is 12.4. The molecule has 1 heterocycles. The van der Waals surface area contributed by atoms with Gasteiger partial charge in [0.2, 0.25) is 0 Å². The summed E-state index contributed by atoms with van der Waals surface area (Å²) in [6, 6.07) is 7.43. The van der Waals surface area contributed by atoms with Crippen LogP contribution in [0.2, 0.25) is 5.02 Å². The van der Waals surface area contributed by atoms with E-state index in [0.29, 0.717) is 11.0 Å². The topological polar surface area (TPSA) is 93.2 Å². The second-order valence-electron chi connectivity index (χ2n) is 5.65. The van der Waals surface area contributed by atoms with Crippen LogP contribution in [0.1, 0.15) is 15.2 Å². The normalized spacial score (nSPS) is 11.5. The van der Waals surface area contributed by atoms with E-state index in [9.17, 15) is 18.0 Å². The fourth-order valence-electron chi connectivity index (χ4n) is 2.11. The van der Waals surface area contributed by atoms with Crippen LogP contribution < -0.4 is 0 Å². The number of hydroxylamine groups is 1. The molecule has 0 saturated carbocycles. The van der Waals surface area contributed by atoms with E-state index < -0.39 is 22.6 Å². The summed E-state index contributed by atoms with van der Waals surface area (Å²) in [7, 11) is -0.0759. The van der Waals surface area contributed by atoms with Gasteiger partial charge in [0.05, 0.1) is 24.2 Å². The lowest BCUT2D eigenvalue weighted by Gasteiger charge is -2.17. The van der Waals surface area contributed by atoms with Crippen LogP contribution in [-0.4, -0.2) is 57.5 Å². The highest BCUT2D eigenvalue weighted by molar-refractivity contribution is 7.89. The average molecular weight is 447 g/mol. The van der Waals surface area contributed by atoms with E-state index in [1.807, 2.05) is 17.5 Å². The Morgan fingerprint density at radius 1 is 1.21 bits per heavy atom. The number of carbonyl (C=O) groups excluding carboxylic acids is 2. The molecule has 0 radical (unpaired) electrons. The van der Waals surface area contributed by atoms with Crippen LogP contribution >= 0.6 is 22.9 Å². The molecule has 0 saturated heterocycles. The molecular weight excluding hydrogens is 428 g/mol. The molecule has 152 valence electrons. The van der Waals surface area contributed by atoms with Crippen LogP contribution in [-0.2, 0) is 30.9 Å². The van der Waals surface area contributed by atoms with Gasteiger partial charge in [0.15, 0.2) is 6.61 Å². The first-order valence-electron chi connectivity index (χ1n) is 7.93. The van der Waals surface area contributed by atoms with Crippen molar-refractivity contribution in [2.24, 2.45) is 0 Å². The molecule has 0 N–H and O–H groups in total. The summed E-state index contributed by atoms with van der Waals surface area (Å²) < 4.78 is 30.4. The van der Waals surface area contributed by atoms with Crippen molar-refractivity contribution in [3.8, 4) is 0 Å². The number of ether oxygens (including phenoxy) is 1. The number of likely N-dealkylation sites (N-methyl/N-ethyl adjacent to an activating group) is 1. The van der Waals surface area contributed by atoms with Crippen molar-refractivity contribution in [2.75, 3.05) is 27.8 Å². The average Bonchev–Trinajstić information content (AvgIpc) is 3.18. The van der Waals surface area contributed by atoms with E-state index in [1.54, 1.807) is 7.05 Å². The van der Waals surface area contributed by atoms with Crippen LogP contribution in [0.5, 0.6) is 0 Å². The molecule has 8 nitrogen and oxygen atoms in total. The first-order valence-corrected chi connectivity index (χ1v) is 10.6. The van der Waals surface area contributed by atoms with Gasteiger partial charge in [-0.1, -0.05) is 22.1 Å². The number of carbonyl (C=O) groups is 2. The molecule has 1 amide bonds. The summed E-state index contributed by atoms with van der Waals surface area (Å²) in [6.45, 7) is -0.0653. The van der Waals surface area contributed by atoms with Gasteiger partial charge in [0.1, 0.15) is 4.90 Å². The number of hydrogen-bond donors (Lipinski definition) is 0. The monoisotopic (exact) mass is 446 g/mol. The first-order chi connectivity index (χ1) is 13.2. The molecule has 0 unspecified atom stereocenters. The third-order valence-corrected chi connectivity index (χ3v) is 6.79. The number of benzene rings is 1. The van der Waals surface area contributed by atoms with E-state index in [0.717, 1.165) is 10.9 Å². The Bertz CT molecular complexity index is 947. The van der Waals surface area contributed by atoms with E-state index in [-0.39, 0.29) is 21.4 Å². The second kappa shape index (κ2) is 9.48. The standard InChI is InChI=1S/C17H19ClN2O6S2/c1-19(10-13-5-4-8-27-13)16(21)11-26-17(22)12-6-7-14(18)15(9-12)28(23,24)20(2)25-3/h4-9H,10-11H2,1-3H3. The Kier molecular flexibility index (Phi) is 7.55. The molecular formula is C17H19ClN2O6S2. The molecule has 0 aliphatic rings. The summed E-state index contributed by atoms with van der Waals surface area (Å²) in [5.41, 5.74) is -0.0545. The third kappa shape index (κ3) is 5.30. The van der Waals surface area contributed by atoms with Gasteiger partial charge in [-0.2, -0.15) is 0 Å². The molecule has 28 heavy (non-hydrogen) atoms. The molecule has 2 aromatic rings. The van der Waals surface area contributed by atoms with E-state index in [2.05, 4.69) is 0 Å². The fourth-order valence-corrected chi connectivity index (χ4v) is 4.34. The van der Waals surface area contributed by atoms with Crippen molar-refractivity contribution in [1.29, 1.82) is 0 Å². The number of hydrogen-bond acceptors (Lipinski definition) is 7. The molecule has 1 aromatic carbocycles. The largest absolute Gasteiger partial charge is 0.452 e. The second-order valence-corrected chi connectivity index (χ2v) is 8.99. The van der Waals surface area contributed by atoms with Gasteiger partial charge in [-0.3, -0.25) is 9.63 Å². The van der Waals surface area contributed by atoms with Gasteiger partial charge >= 0.3 is 5.97 Å². The quantitative estimate of drug-likeness (QED) is 0.456. The van der Waals surface area contributed by atoms with Crippen molar-refractivity contribution < 1.29 is 27.6 Å². The highest BCUT2D eigenvalue weighted by Gasteiger charge is 2.25. The lowest BCUT2D eigenvalue weighted by Crippen LogP contribution is -2.30. The third-order valence-electron chi connectivity index (χ3n) is 3.77. The minimum absolute atomic E-state index is 0.0545. The minimum Gasteiger partial charge on any atom is -0.452 e. The Balaban J connectivity index is 2.06. The van der Waals surface area contributed by atoms with Crippen LogP contribution in [0.15, 0.2) is 40.6 Å². The molecule has 0 aliphatic heterocycles. The molecule has 0 fully saturated rings. The zero-order valence-electron chi connectivity index (χ0n) is 15.4. The summed E-state index contributed by atoms with van der Waals surface area (Å²) in [6.07, 6.45) is 0. The number of sulfonamides is 1. The summed E-state index contributed by atoms with van der Waals surface area (Å²) in [5, 5.41) is 1.83. The highest BCUT2D eigenvalue weighted by atomic mass is 35.5. The van der Waals surface area contributed by atoms with Crippen molar-refractivity contribution in [3.63, 3.8) is 0 Å². The lowest BCUT2D eigenvalue weighted by atomic mass is 10.2. The summed E-state index contributed by atoms with van der Waals surface area (Å²) in [5.74, 6) is -1.23. The zero-order chi connectivity index (χ0) is 20.9. The predicted octanol–water partition coefficient (Wildman–Crippen LogP) is 2.40. The van der Waals surface area contributed by atoms with Crippen LogP contribution in [0, 0.1) is 0 Å². The van der Waals surface area contributed by atoms with E-state index in [1.165, 1.54) is 42.5 Å². The van der Waals surface area contributed by atoms with Crippen LogP contribution in [0.25, 0.3) is 0 Å². The number of rotatable bonds is 8. The molecule has 11 heteroatoms. The molecule has 1 aromatic heterocycles. The Labute approximate surface area is 172 Å². The van der Waals surface area contributed by atoms with Crippen molar-refractivity contribution in [1.82, 2.24) is 9.37 Å². The maximum Gasteiger partial charge on any atom is 0.338 e. The first kappa shape index (κ1) is 22.3. The van der Waals surface area contributed by atoms with Gasteiger partial charge in [-0.15, -0.1) is 11.3 Å². The minimum atomic E-state index is -4.05. The van der Waals surface area contributed by atoms with Gasteiger partial charge in [0, 0.05) is 19.0 Å². The predicted molar refractivity (Wildman–Crippen MR) is 104 cm³/mol. The summed E-state index contributed by atoms with van der Waals surface area (Å²) in [4.78, 5) is 31.2. The molecule has 0 aliphatic carbocycles. The number of amides is 1. The number of thiophene rings is 1. The highest BCUT2D eigenvalue weighted by Crippen LogP contribution is 2.25. The maximum atomic E-state index is 12.4. The van der Waals surface area contributed by atoms with Crippen molar-refractivity contribution in [2.45, 2.75) is 11.4 Å². The van der Waals surface area contributed by atoms with Gasteiger partial charge in [-0.05, 0) is 29.6 Å². The molecule has 0 atom stereocenters. The van der Waals surface area contributed by atoms with E-state index >= 15 is 0 Å². The fraction of sp³-hybridized carbons (Fsp3) is 0.294. The molecule has 0 bridgehead atoms. The van der Waals surface area contributed by atoms with Crippen LogP contribution in [0.3, 0.4) is 0 Å². The van der Waals surface area contributed by atoms with Crippen LogP contribution in [0.4, 0.5) is 0 Å². The summed E-state index contributed by atoms with van der Waals surface area (Å²) >= 11 is 7.46. The number of esters is 1. The van der Waals surface area contributed by atoms with E-state index in [4.69, 9.17) is 21.2 Å². The number of nitrogens with zero attached hydrogens (tertiary/aromatic N) is 2.